The lowest BCUT2D eigenvalue weighted by atomic mass is 10.0. The van der Waals surface area contributed by atoms with E-state index in [0.29, 0.717) is 11.3 Å². The van der Waals surface area contributed by atoms with Crippen molar-refractivity contribution in [2.45, 2.75) is 5.92 Å². The third kappa shape index (κ3) is 2.00. The summed E-state index contributed by atoms with van der Waals surface area (Å²) in [5, 5.41) is 28.0. The van der Waals surface area contributed by atoms with Gasteiger partial charge >= 0.3 is 0 Å². The molecule has 0 aliphatic heterocycles. The molecule has 66 valence electrons. The van der Waals surface area contributed by atoms with Crippen molar-refractivity contribution in [3.05, 3.63) is 29.8 Å². The number of anilines is 1. The van der Waals surface area contributed by atoms with Crippen molar-refractivity contribution in [2.24, 2.45) is 0 Å². The van der Waals surface area contributed by atoms with Gasteiger partial charge < -0.3 is 0 Å². The van der Waals surface area contributed by atoms with Crippen molar-refractivity contribution in [1.82, 2.24) is 0 Å². The second kappa shape index (κ2) is 4.50. The Morgan fingerprint density at radius 1 is 1.00 bits per heavy atom. The molecule has 0 saturated heterocycles. The molecule has 1 aromatic carbocycles. The highest BCUT2D eigenvalue weighted by molar-refractivity contribution is 5.49. The second-order valence-corrected chi connectivity index (χ2v) is 2.55. The number of hydrogen-bond acceptors (Lipinski definition) is 4. The van der Waals surface area contributed by atoms with Crippen LogP contribution in [-0.4, -0.2) is 0 Å². The average molecular weight is 182 g/mol. The minimum absolute atomic E-state index is 0.637. The van der Waals surface area contributed by atoms with Gasteiger partial charge in [0.05, 0.1) is 12.1 Å². The van der Waals surface area contributed by atoms with Gasteiger partial charge in [-0.1, -0.05) is 12.1 Å². The number of nitrogens with one attached hydrogen (secondary N) is 1. The molecule has 0 bridgehead atoms. The molecule has 1 rings (SSSR count). The zero-order valence-electron chi connectivity index (χ0n) is 7.23. The van der Waals surface area contributed by atoms with Gasteiger partial charge in [0, 0.05) is 5.69 Å². The van der Waals surface area contributed by atoms with Crippen LogP contribution in [0.3, 0.4) is 0 Å². The zero-order chi connectivity index (χ0) is 10.4. The lowest BCUT2D eigenvalue weighted by Crippen LogP contribution is -1.92. The molecule has 1 aromatic rings. The fourth-order valence-corrected chi connectivity index (χ4v) is 1.00. The first-order valence-corrected chi connectivity index (χ1v) is 3.86. The van der Waals surface area contributed by atoms with Crippen LogP contribution in [0, 0.1) is 34.1 Å². The number of hydrogen-bond donors (Lipinski definition) is 1. The minimum atomic E-state index is -0.744. The molecule has 14 heavy (non-hydrogen) atoms. The Labute approximate surface area is 81.6 Å². The third-order valence-corrected chi connectivity index (χ3v) is 1.70. The number of nitriles is 3. The van der Waals surface area contributed by atoms with E-state index in [0.717, 1.165) is 0 Å². The van der Waals surface area contributed by atoms with E-state index in [-0.39, 0.29) is 0 Å². The van der Waals surface area contributed by atoms with E-state index in [2.05, 4.69) is 5.32 Å². The summed E-state index contributed by atoms with van der Waals surface area (Å²) in [5.41, 5.74) is 1.28. The number of rotatable bonds is 2. The minimum Gasteiger partial charge on any atom is -0.293 e. The molecule has 0 aliphatic carbocycles. The first kappa shape index (κ1) is 9.58. The first-order chi connectivity index (χ1) is 6.81. The smallest absolute Gasteiger partial charge is 0.181 e. The highest BCUT2D eigenvalue weighted by Gasteiger charge is 2.07. The highest BCUT2D eigenvalue weighted by atomic mass is 14.9. The summed E-state index contributed by atoms with van der Waals surface area (Å²) < 4.78 is 0. The van der Waals surface area contributed by atoms with E-state index < -0.39 is 5.92 Å². The summed E-state index contributed by atoms with van der Waals surface area (Å²) in [7, 11) is 0. The normalized spacial score (nSPS) is 8.43. The molecule has 0 unspecified atom stereocenters. The molecule has 0 fully saturated rings. The standard InChI is InChI=1S/C10H6N4/c11-5-9(6-12)8-1-3-10(4-2-8)14-7-13/h1-4,9,14H. The van der Waals surface area contributed by atoms with Crippen LogP contribution in [0.1, 0.15) is 11.5 Å². The van der Waals surface area contributed by atoms with Crippen molar-refractivity contribution in [1.29, 1.82) is 15.8 Å². The van der Waals surface area contributed by atoms with Gasteiger partial charge in [0.2, 0.25) is 0 Å². The molecule has 4 nitrogen and oxygen atoms in total. The Hall–Kier alpha value is -2.51. The molecule has 4 heteroatoms. The fraction of sp³-hybridized carbons (Fsp3) is 0.100. The Morgan fingerprint density at radius 3 is 2.00 bits per heavy atom. The molecule has 0 radical (unpaired) electrons. The molecule has 0 aliphatic rings. The van der Waals surface area contributed by atoms with Crippen LogP contribution >= 0.6 is 0 Å². The van der Waals surface area contributed by atoms with Crippen LogP contribution in [-0.2, 0) is 0 Å². The molecule has 0 saturated carbocycles. The van der Waals surface area contributed by atoms with E-state index in [1.54, 1.807) is 30.5 Å². The fourth-order valence-electron chi connectivity index (χ4n) is 1.00. The Bertz CT molecular complexity index is 413. The topological polar surface area (TPSA) is 83.4 Å². The van der Waals surface area contributed by atoms with E-state index in [9.17, 15) is 0 Å². The maximum atomic E-state index is 8.61. The van der Waals surface area contributed by atoms with Crippen molar-refractivity contribution in [2.75, 3.05) is 5.32 Å². The van der Waals surface area contributed by atoms with Gasteiger partial charge in [-0.3, -0.25) is 5.32 Å². The van der Waals surface area contributed by atoms with Crippen molar-refractivity contribution in [3.63, 3.8) is 0 Å². The monoisotopic (exact) mass is 182 g/mol. The summed E-state index contributed by atoms with van der Waals surface area (Å²) >= 11 is 0. The maximum absolute atomic E-state index is 8.61. The van der Waals surface area contributed by atoms with Crippen LogP contribution < -0.4 is 5.32 Å². The summed E-state index contributed by atoms with van der Waals surface area (Å²) in [5.74, 6) is -0.744. The Morgan fingerprint density at radius 2 is 1.57 bits per heavy atom. The van der Waals surface area contributed by atoms with Gasteiger partial charge in [0.25, 0.3) is 0 Å². The maximum Gasteiger partial charge on any atom is 0.181 e. The highest BCUT2D eigenvalue weighted by Crippen LogP contribution is 2.16. The molecule has 0 atom stereocenters. The Balaban J connectivity index is 2.91. The molecular formula is C10H6N4. The molecule has 1 N–H and O–H groups in total. The largest absolute Gasteiger partial charge is 0.293 e. The summed E-state index contributed by atoms with van der Waals surface area (Å²) in [6, 6.07) is 10.4. The van der Waals surface area contributed by atoms with Crippen molar-refractivity contribution < 1.29 is 0 Å². The van der Waals surface area contributed by atoms with E-state index in [1.807, 2.05) is 12.1 Å². The van der Waals surface area contributed by atoms with E-state index in [1.165, 1.54) is 0 Å². The predicted octanol–water partition coefficient (Wildman–Crippen LogP) is 1.71. The van der Waals surface area contributed by atoms with Crippen LogP contribution in [0.2, 0.25) is 0 Å². The summed E-state index contributed by atoms with van der Waals surface area (Å²) in [6.07, 6.45) is 1.78. The molecular weight excluding hydrogens is 176 g/mol. The van der Waals surface area contributed by atoms with Gasteiger partial charge in [-0.15, -0.1) is 0 Å². The Kier molecular flexibility index (Phi) is 3.08. The number of nitrogens with zero attached hydrogens (tertiary/aromatic N) is 3. The quantitative estimate of drug-likeness (QED) is 0.557. The van der Waals surface area contributed by atoms with Crippen molar-refractivity contribution >= 4 is 5.69 Å². The zero-order valence-corrected chi connectivity index (χ0v) is 7.23. The molecule has 0 spiro atoms. The summed E-state index contributed by atoms with van der Waals surface area (Å²) in [4.78, 5) is 0. The molecule has 0 aromatic heterocycles. The second-order valence-electron chi connectivity index (χ2n) is 2.55. The van der Waals surface area contributed by atoms with Crippen LogP contribution in [0.25, 0.3) is 0 Å². The predicted molar refractivity (Wildman–Crippen MR) is 49.6 cm³/mol. The molecule has 0 amide bonds. The first-order valence-electron chi connectivity index (χ1n) is 3.86. The van der Waals surface area contributed by atoms with Crippen LogP contribution in [0.5, 0.6) is 0 Å². The van der Waals surface area contributed by atoms with Gasteiger partial charge in [-0.2, -0.15) is 15.8 Å². The van der Waals surface area contributed by atoms with E-state index in [4.69, 9.17) is 15.8 Å². The van der Waals surface area contributed by atoms with E-state index >= 15 is 0 Å². The van der Waals surface area contributed by atoms with Crippen LogP contribution in [0.15, 0.2) is 24.3 Å². The van der Waals surface area contributed by atoms with Crippen molar-refractivity contribution in [3.8, 4) is 18.3 Å². The van der Waals surface area contributed by atoms with Gasteiger partial charge in [-0.05, 0) is 17.7 Å². The van der Waals surface area contributed by atoms with Gasteiger partial charge in [0.1, 0.15) is 0 Å². The van der Waals surface area contributed by atoms with Gasteiger partial charge in [0.15, 0.2) is 12.1 Å². The lowest BCUT2D eigenvalue weighted by molar-refractivity contribution is 1.10. The number of benzene rings is 1. The van der Waals surface area contributed by atoms with Gasteiger partial charge in [-0.25, -0.2) is 0 Å². The average Bonchev–Trinajstić information content (AvgIpc) is 2.23. The SMILES string of the molecule is N#CNc1ccc(C(C#N)C#N)cc1. The summed E-state index contributed by atoms with van der Waals surface area (Å²) in [6.45, 7) is 0. The third-order valence-electron chi connectivity index (χ3n) is 1.70. The van der Waals surface area contributed by atoms with Crippen LogP contribution in [0.4, 0.5) is 5.69 Å². The lowest BCUT2D eigenvalue weighted by Gasteiger charge is -2.01. The molecule has 0 heterocycles.